The molecule has 25 heavy (non-hydrogen) atoms. The van der Waals surface area contributed by atoms with Crippen molar-refractivity contribution < 1.29 is 9.53 Å². The summed E-state index contributed by atoms with van der Waals surface area (Å²) in [6.45, 7) is 3.58. The molecule has 2 aliphatic rings. The van der Waals surface area contributed by atoms with Gasteiger partial charge < -0.3 is 14.5 Å². The van der Waals surface area contributed by atoms with Crippen molar-refractivity contribution >= 4 is 22.8 Å². The van der Waals surface area contributed by atoms with Crippen molar-refractivity contribution in [2.45, 2.75) is 31.8 Å². The Balaban J connectivity index is 1.56. The van der Waals surface area contributed by atoms with Crippen molar-refractivity contribution in [2.75, 3.05) is 37.7 Å². The fourth-order valence-corrected chi connectivity index (χ4v) is 3.60. The first kappa shape index (κ1) is 16.3. The third-order valence-electron chi connectivity index (χ3n) is 4.99. The van der Waals surface area contributed by atoms with Crippen LogP contribution in [0, 0.1) is 0 Å². The average Bonchev–Trinajstić information content (AvgIpc) is 3.34. The molecule has 4 rings (SSSR count). The van der Waals surface area contributed by atoms with E-state index in [1.807, 2.05) is 34.1 Å². The minimum Gasteiger partial charge on any atom is -0.376 e. The van der Waals surface area contributed by atoms with E-state index in [2.05, 4.69) is 4.98 Å². The van der Waals surface area contributed by atoms with E-state index in [-0.39, 0.29) is 12.0 Å². The summed E-state index contributed by atoms with van der Waals surface area (Å²) in [5, 5.41) is 0. The third kappa shape index (κ3) is 3.74. The highest BCUT2D eigenvalue weighted by Crippen LogP contribution is 2.20. The van der Waals surface area contributed by atoms with Crippen LogP contribution < -0.4 is 4.90 Å². The predicted molar refractivity (Wildman–Crippen MR) is 96.5 cm³/mol. The highest BCUT2D eigenvalue weighted by molar-refractivity contribution is 5.82. The fourth-order valence-electron chi connectivity index (χ4n) is 3.60. The van der Waals surface area contributed by atoms with Crippen LogP contribution in [0.5, 0.6) is 0 Å². The molecule has 1 amide bonds. The molecule has 0 unspecified atom stereocenters. The van der Waals surface area contributed by atoms with Crippen LogP contribution in [0.15, 0.2) is 30.5 Å². The van der Waals surface area contributed by atoms with E-state index in [0.29, 0.717) is 13.1 Å². The van der Waals surface area contributed by atoms with Crippen LogP contribution in [0.2, 0.25) is 0 Å². The van der Waals surface area contributed by atoms with Gasteiger partial charge in [0.05, 0.1) is 29.9 Å². The summed E-state index contributed by atoms with van der Waals surface area (Å²) < 4.78 is 5.78. The number of carbonyl (C=O) groups excluding carboxylic acids is 1. The Hall–Kier alpha value is -2.21. The number of amides is 1. The number of likely N-dealkylation sites (tertiary alicyclic amines) is 1. The lowest BCUT2D eigenvalue weighted by Gasteiger charge is -2.27. The molecule has 0 aliphatic carbocycles. The molecule has 0 bridgehead atoms. The van der Waals surface area contributed by atoms with Crippen molar-refractivity contribution in [1.82, 2.24) is 14.9 Å². The van der Waals surface area contributed by atoms with Crippen LogP contribution in [-0.2, 0) is 9.53 Å². The van der Waals surface area contributed by atoms with Gasteiger partial charge in [0.2, 0.25) is 5.91 Å². The lowest BCUT2D eigenvalue weighted by Crippen LogP contribution is -2.42. The van der Waals surface area contributed by atoms with Gasteiger partial charge in [0.25, 0.3) is 0 Å². The van der Waals surface area contributed by atoms with Gasteiger partial charge in [0.1, 0.15) is 5.82 Å². The van der Waals surface area contributed by atoms with Gasteiger partial charge in [0, 0.05) is 26.2 Å². The summed E-state index contributed by atoms with van der Waals surface area (Å²) >= 11 is 0. The Morgan fingerprint density at radius 3 is 2.76 bits per heavy atom. The zero-order chi connectivity index (χ0) is 17.1. The number of hydrogen-bond donors (Lipinski definition) is 0. The fraction of sp³-hybridized carbons (Fsp3) is 0.526. The molecule has 1 atom stereocenters. The van der Waals surface area contributed by atoms with E-state index in [1.54, 1.807) is 6.20 Å². The Bertz CT molecular complexity index is 739. The molecule has 132 valence electrons. The molecule has 0 N–H and O–H groups in total. The molecule has 6 heteroatoms. The normalized spacial score (nSPS) is 20.3. The number of rotatable bonds is 5. The average molecular weight is 340 g/mol. The van der Waals surface area contributed by atoms with Gasteiger partial charge in [-0.2, -0.15) is 0 Å². The number of para-hydroxylation sites is 2. The first-order chi connectivity index (χ1) is 12.3. The Kier molecular flexibility index (Phi) is 4.78. The second kappa shape index (κ2) is 7.35. The maximum absolute atomic E-state index is 12.7. The number of benzene rings is 1. The molecular formula is C19H24N4O2. The van der Waals surface area contributed by atoms with E-state index >= 15 is 0 Å². The Labute approximate surface area is 147 Å². The Morgan fingerprint density at radius 2 is 2.00 bits per heavy atom. The molecule has 1 aromatic heterocycles. The van der Waals surface area contributed by atoms with Gasteiger partial charge in [-0.3, -0.25) is 9.78 Å². The second-order valence-corrected chi connectivity index (χ2v) is 6.82. The van der Waals surface area contributed by atoms with Gasteiger partial charge in [-0.05, 0) is 37.8 Å². The molecule has 2 aliphatic heterocycles. The number of anilines is 1. The molecule has 2 saturated heterocycles. The van der Waals surface area contributed by atoms with E-state index < -0.39 is 0 Å². The predicted octanol–water partition coefficient (Wildman–Crippen LogP) is 2.24. The molecule has 3 heterocycles. The second-order valence-electron chi connectivity index (χ2n) is 6.82. The molecule has 1 aromatic carbocycles. The summed E-state index contributed by atoms with van der Waals surface area (Å²) in [6.07, 6.45) is 6.27. The van der Waals surface area contributed by atoms with Gasteiger partial charge >= 0.3 is 0 Å². The molecule has 0 spiro atoms. The minimum atomic E-state index is 0.166. The SMILES string of the molecule is O=C(CN(C[C@H]1CCCO1)c1cnc2ccccc2n1)N1CCCC1. The number of ether oxygens (including phenoxy) is 1. The maximum atomic E-state index is 12.7. The monoisotopic (exact) mass is 340 g/mol. The zero-order valence-corrected chi connectivity index (χ0v) is 14.4. The van der Waals surface area contributed by atoms with E-state index in [4.69, 9.17) is 9.72 Å². The van der Waals surface area contributed by atoms with Crippen LogP contribution in [0.4, 0.5) is 5.82 Å². The Morgan fingerprint density at radius 1 is 1.20 bits per heavy atom. The highest BCUT2D eigenvalue weighted by Gasteiger charge is 2.25. The number of hydrogen-bond acceptors (Lipinski definition) is 5. The molecule has 0 radical (unpaired) electrons. The van der Waals surface area contributed by atoms with E-state index in [1.165, 1.54) is 0 Å². The van der Waals surface area contributed by atoms with Crippen LogP contribution in [0.25, 0.3) is 11.0 Å². The van der Waals surface area contributed by atoms with E-state index in [0.717, 1.165) is 62.2 Å². The van der Waals surface area contributed by atoms with Gasteiger partial charge in [0.15, 0.2) is 0 Å². The van der Waals surface area contributed by atoms with Gasteiger partial charge in [-0.15, -0.1) is 0 Å². The van der Waals surface area contributed by atoms with Crippen molar-refractivity contribution in [2.24, 2.45) is 0 Å². The topological polar surface area (TPSA) is 58.6 Å². The summed E-state index contributed by atoms with van der Waals surface area (Å²) in [5.74, 6) is 0.923. The number of aromatic nitrogens is 2. The van der Waals surface area contributed by atoms with Crippen molar-refractivity contribution in [1.29, 1.82) is 0 Å². The lowest BCUT2D eigenvalue weighted by molar-refractivity contribution is -0.128. The molecule has 2 fully saturated rings. The van der Waals surface area contributed by atoms with Crippen LogP contribution in [0.1, 0.15) is 25.7 Å². The molecule has 0 saturated carbocycles. The summed E-state index contributed by atoms with van der Waals surface area (Å²) in [7, 11) is 0. The van der Waals surface area contributed by atoms with Gasteiger partial charge in [-0.1, -0.05) is 12.1 Å². The van der Waals surface area contributed by atoms with Crippen molar-refractivity contribution in [3.05, 3.63) is 30.5 Å². The molecule has 2 aromatic rings. The van der Waals surface area contributed by atoms with Crippen LogP contribution in [0.3, 0.4) is 0 Å². The smallest absolute Gasteiger partial charge is 0.242 e. The number of carbonyl (C=O) groups is 1. The van der Waals surface area contributed by atoms with Crippen molar-refractivity contribution in [3.63, 3.8) is 0 Å². The first-order valence-corrected chi connectivity index (χ1v) is 9.16. The standard InChI is InChI=1S/C19H24N4O2/c24-19(22-9-3-4-10-22)14-23(13-15-6-5-11-25-15)18-12-20-16-7-1-2-8-17(16)21-18/h1-2,7-8,12,15H,3-6,9-11,13-14H2/t15-/m1/s1. The summed E-state index contributed by atoms with van der Waals surface area (Å²) in [6, 6.07) is 7.82. The lowest BCUT2D eigenvalue weighted by atomic mass is 10.2. The zero-order valence-electron chi connectivity index (χ0n) is 14.4. The van der Waals surface area contributed by atoms with E-state index in [9.17, 15) is 4.79 Å². The van der Waals surface area contributed by atoms with Crippen molar-refractivity contribution in [3.8, 4) is 0 Å². The highest BCUT2D eigenvalue weighted by atomic mass is 16.5. The van der Waals surface area contributed by atoms with Crippen LogP contribution >= 0.6 is 0 Å². The molecular weight excluding hydrogens is 316 g/mol. The third-order valence-corrected chi connectivity index (χ3v) is 4.99. The molecule has 6 nitrogen and oxygen atoms in total. The quantitative estimate of drug-likeness (QED) is 0.835. The number of nitrogens with zero attached hydrogens (tertiary/aromatic N) is 4. The number of fused-ring (bicyclic) bond motifs is 1. The van der Waals surface area contributed by atoms with Gasteiger partial charge in [-0.25, -0.2) is 4.98 Å². The minimum absolute atomic E-state index is 0.166. The first-order valence-electron chi connectivity index (χ1n) is 9.16. The maximum Gasteiger partial charge on any atom is 0.242 e. The van der Waals surface area contributed by atoms with Crippen LogP contribution in [-0.4, -0.2) is 59.7 Å². The summed E-state index contributed by atoms with van der Waals surface area (Å²) in [4.78, 5) is 25.9. The largest absolute Gasteiger partial charge is 0.376 e. The summed E-state index contributed by atoms with van der Waals surface area (Å²) in [5.41, 5.74) is 1.72.